The van der Waals surface area contributed by atoms with Gasteiger partial charge in [0.1, 0.15) is 18.0 Å². The van der Waals surface area contributed by atoms with E-state index in [9.17, 15) is 19.0 Å². The summed E-state index contributed by atoms with van der Waals surface area (Å²) in [6, 6.07) is -0.864. The van der Waals surface area contributed by atoms with Gasteiger partial charge in [0.05, 0.1) is 5.60 Å². The molecule has 0 saturated carbocycles. The van der Waals surface area contributed by atoms with E-state index in [0.29, 0.717) is 5.56 Å². The number of morpholine rings is 1. The molecular formula is C20H33N4O7P. The zero-order chi connectivity index (χ0) is 24.4. The Balaban J connectivity index is 2.12. The minimum atomic E-state index is -4.59. The standard InChI is InChI=1S/C20H33N4O7P/c1-11-9-24(17(26)22-14(11)21)15-12-13(30-32(27,28)31-19(5,6)7)20(29-15,10-18(2,3)4)16(25)23(12)8/h9,12-13,15H,10H2,1-8H3,(H,27,28)(H2,21,22,26)/t12?,13-,15-,20-/m1/s1. The molecule has 0 radical (unpaired) electrons. The van der Waals surface area contributed by atoms with Gasteiger partial charge in [-0.25, -0.2) is 9.36 Å². The van der Waals surface area contributed by atoms with E-state index < -0.39 is 48.5 Å². The highest BCUT2D eigenvalue weighted by molar-refractivity contribution is 7.47. The summed E-state index contributed by atoms with van der Waals surface area (Å²) in [7, 11) is -3.03. The van der Waals surface area contributed by atoms with Gasteiger partial charge in [0.15, 0.2) is 11.8 Å². The fourth-order valence-corrected chi connectivity index (χ4v) is 5.74. The number of ether oxygens (including phenoxy) is 1. The first-order valence-electron chi connectivity index (χ1n) is 10.4. The van der Waals surface area contributed by atoms with Crippen molar-refractivity contribution in [3.63, 3.8) is 0 Å². The van der Waals surface area contributed by atoms with Crippen LogP contribution in [0.15, 0.2) is 11.0 Å². The summed E-state index contributed by atoms with van der Waals surface area (Å²) >= 11 is 0. The van der Waals surface area contributed by atoms with E-state index in [2.05, 4.69) is 4.98 Å². The van der Waals surface area contributed by atoms with Gasteiger partial charge < -0.3 is 20.3 Å². The van der Waals surface area contributed by atoms with Crippen molar-refractivity contribution in [3.05, 3.63) is 22.2 Å². The number of nitrogens with two attached hydrogens (primary N) is 1. The minimum absolute atomic E-state index is 0.0921. The number of nitrogens with zero attached hydrogens (tertiary/aromatic N) is 3. The maximum absolute atomic E-state index is 13.3. The molecule has 11 nitrogen and oxygen atoms in total. The molecule has 2 fully saturated rings. The zero-order valence-corrected chi connectivity index (χ0v) is 20.7. The van der Waals surface area contributed by atoms with Gasteiger partial charge >= 0.3 is 13.5 Å². The van der Waals surface area contributed by atoms with E-state index in [1.807, 2.05) is 20.8 Å². The lowest BCUT2D eigenvalue weighted by Gasteiger charge is -2.38. The molecule has 0 aromatic carbocycles. The third kappa shape index (κ3) is 4.49. The number of aryl methyl sites for hydroxylation is 1. The number of anilines is 1. The lowest BCUT2D eigenvalue weighted by atomic mass is 9.80. The summed E-state index contributed by atoms with van der Waals surface area (Å²) in [5.41, 5.74) is 2.68. The predicted octanol–water partition coefficient (Wildman–Crippen LogP) is 1.98. The van der Waals surface area contributed by atoms with Crippen LogP contribution in [0.4, 0.5) is 5.82 Å². The summed E-state index contributed by atoms with van der Waals surface area (Å²) in [5, 5.41) is 0. The zero-order valence-electron chi connectivity index (χ0n) is 19.8. The molecule has 32 heavy (non-hydrogen) atoms. The number of aromatic nitrogens is 2. The van der Waals surface area contributed by atoms with E-state index in [0.717, 1.165) is 0 Å². The summed E-state index contributed by atoms with van der Waals surface area (Å²) in [6.45, 7) is 12.3. The Labute approximate surface area is 187 Å². The fourth-order valence-electron chi connectivity index (χ4n) is 4.42. The largest absolute Gasteiger partial charge is 0.473 e. The first kappa shape index (κ1) is 24.9. The Morgan fingerprint density at radius 2 is 1.88 bits per heavy atom. The molecule has 2 saturated heterocycles. The Morgan fingerprint density at radius 1 is 1.28 bits per heavy atom. The maximum atomic E-state index is 13.3. The van der Waals surface area contributed by atoms with Crippen molar-refractivity contribution in [1.29, 1.82) is 0 Å². The average molecular weight is 472 g/mol. The molecule has 0 aliphatic carbocycles. The van der Waals surface area contributed by atoms with Gasteiger partial charge in [-0.2, -0.15) is 4.98 Å². The molecule has 12 heteroatoms. The SMILES string of the molecule is Cc1cn([C@@H]2O[C@@]3(CC(C)(C)C)C(=O)N(C)C2[C@H]3OP(=O)(O)OC(C)(C)C)c(=O)nc1N. The van der Waals surface area contributed by atoms with Gasteiger partial charge in [-0.1, -0.05) is 20.8 Å². The van der Waals surface area contributed by atoms with E-state index in [1.54, 1.807) is 34.7 Å². The minimum Gasteiger partial charge on any atom is -0.383 e. The number of rotatable bonds is 5. The van der Waals surface area contributed by atoms with Crippen molar-refractivity contribution in [1.82, 2.24) is 14.5 Å². The number of hydrogen-bond donors (Lipinski definition) is 2. The Morgan fingerprint density at radius 3 is 2.41 bits per heavy atom. The number of phosphoric ester groups is 1. The molecular weight excluding hydrogens is 439 g/mol. The van der Waals surface area contributed by atoms with Gasteiger partial charge in [0.25, 0.3) is 5.91 Å². The van der Waals surface area contributed by atoms with E-state index in [1.165, 1.54) is 15.7 Å². The van der Waals surface area contributed by atoms with Crippen molar-refractivity contribution in [2.24, 2.45) is 5.41 Å². The molecule has 0 spiro atoms. The molecule has 1 amide bonds. The van der Waals surface area contributed by atoms with Gasteiger partial charge in [-0.05, 0) is 39.5 Å². The van der Waals surface area contributed by atoms with Crippen LogP contribution < -0.4 is 11.4 Å². The van der Waals surface area contributed by atoms with Crippen LogP contribution in [0.1, 0.15) is 59.8 Å². The Kier molecular flexibility index (Phi) is 5.93. The van der Waals surface area contributed by atoms with Gasteiger partial charge in [-0.15, -0.1) is 0 Å². The highest BCUT2D eigenvalue weighted by atomic mass is 31.2. The number of fused-ring (bicyclic) bond motifs is 2. The number of phosphoric acid groups is 1. The van der Waals surface area contributed by atoms with Crippen LogP contribution in [0.3, 0.4) is 0 Å². The van der Waals surface area contributed by atoms with Crippen LogP contribution in [0.25, 0.3) is 0 Å². The summed E-state index contributed by atoms with van der Waals surface area (Å²) in [6.07, 6.45) is -0.460. The third-order valence-corrected chi connectivity index (χ3v) is 6.67. The highest BCUT2D eigenvalue weighted by Crippen LogP contribution is 2.58. The normalized spacial score (nSPS) is 30.1. The van der Waals surface area contributed by atoms with Crippen LogP contribution >= 0.6 is 7.82 Å². The fraction of sp³-hybridized carbons (Fsp3) is 0.750. The number of amides is 1. The van der Waals surface area contributed by atoms with Crippen LogP contribution in [0, 0.1) is 12.3 Å². The number of carbonyl (C=O) groups excluding carboxylic acids is 1. The third-order valence-electron chi connectivity index (χ3n) is 5.40. The molecule has 180 valence electrons. The summed E-state index contributed by atoms with van der Waals surface area (Å²) in [4.78, 5) is 41.7. The lowest BCUT2D eigenvalue weighted by Crippen LogP contribution is -2.52. The van der Waals surface area contributed by atoms with E-state index in [4.69, 9.17) is 19.5 Å². The summed E-state index contributed by atoms with van der Waals surface area (Å²) in [5.74, 6) is -0.294. The van der Waals surface area contributed by atoms with Crippen molar-refractivity contribution in [2.45, 2.75) is 84.5 Å². The predicted molar refractivity (Wildman–Crippen MR) is 117 cm³/mol. The van der Waals surface area contributed by atoms with Crippen molar-refractivity contribution in [3.8, 4) is 0 Å². The molecule has 2 unspecified atom stereocenters. The van der Waals surface area contributed by atoms with Crippen LogP contribution in [0.2, 0.25) is 0 Å². The molecule has 3 heterocycles. The lowest BCUT2D eigenvalue weighted by molar-refractivity contribution is -0.180. The van der Waals surface area contributed by atoms with Crippen LogP contribution in [-0.4, -0.2) is 55.6 Å². The molecule has 2 aliphatic rings. The molecule has 1 aromatic rings. The molecule has 2 bridgehead atoms. The summed E-state index contributed by atoms with van der Waals surface area (Å²) < 4.78 is 31.2. The second-order valence-corrected chi connectivity index (χ2v) is 12.1. The van der Waals surface area contributed by atoms with Gasteiger partial charge in [0, 0.05) is 18.8 Å². The first-order valence-corrected chi connectivity index (χ1v) is 11.9. The second-order valence-electron chi connectivity index (χ2n) is 10.7. The van der Waals surface area contributed by atoms with Crippen molar-refractivity contribution < 1.29 is 28.0 Å². The molecule has 2 aliphatic heterocycles. The number of likely N-dealkylation sites (N-methyl/N-ethyl adjacent to an activating group) is 1. The van der Waals surface area contributed by atoms with Crippen LogP contribution in [0.5, 0.6) is 0 Å². The van der Waals surface area contributed by atoms with E-state index in [-0.39, 0.29) is 18.1 Å². The number of carbonyl (C=O) groups is 1. The second kappa shape index (κ2) is 7.63. The number of nitrogen functional groups attached to an aromatic ring is 1. The Hall–Kier alpha value is -1.78. The van der Waals surface area contributed by atoms with Gasteiger partial charge in [-0.3, -0.25) is 18.4 Å². The van der Waals surface area contributed by atoms with Crippen LogP contribution in [-0.2, 0) is 23.1 Å². The van der Waals surface area contributed by atoms with Crippen molar-refractivity contribution >= 4 is 19.5 Å². The first-order chi connectivity index (χ1) is 14.4. The van der Waals surface area contributed by atoms with Gasteiger partial charge in [0.2, 0.25) is 0 Å². The average Bonchev–Trinajstić information content (AvgIpc) is 2.94. The van der Waals surface area contributed by atoms with Crippen molar-refractivity contribution in [2.75, 3.05) is 12.8 Å². The monoisotopic (exact) mass is 472 g/mol. The molecule has 3 N–H and O–H groups in total. The van der Waals surface area contributed by atoms with E-state index >= 15 is 0 Å². The quantitative estimate of drug-likeness (QED) is 0.614. The number of hydrogen-bond acceptors (Lipinski definition) is 8. The molecule has 1 aromatic heterocycles. The molecule has 5 atom stereocenters. The number of likely N-dealkylation sites (tertiary alicyclic amines) is 1. The smallest absolute Gasteiger partial charge is 0.383 e. The maximum Gasteiger partial charge on any atom is 0.473 e. The highest BCUT2D eigenvalue weighted by Gasteiger charge is 2.71. The Bertz CT molecular complexity index is 1030. The topological polar surface area (TPSA) is 146 Å². The molecule has 3 rings (SSSR count).